The number of hydrogen-bond donors (Lipinski definition) is 0. The Balaban J connectivity index is 1.98. The highest BCUT2D eigenvalue weighted by molar-refractivity contribution is 5.68. The number of likely N-dealkylation sites (N-methyl/N-ethyl adjacent to an activating group) is 1. The average Bonchev–Trinajstić information content (AvgIpc) is 2.65. The third-order valence-corrected chi connectivity index (χ3v) is 4.37. The molecule has 1 aliphatic rings. The molecule has 0 spiro atoms. The van der Waals surface area contributed by atoms with Gasteiger partial charge in [-0.1, -0.05) is 36.4 Å². The fourth-order valence-corrected chi connectivity index (χ4v) is 2.97. The average molecular weight is 337 g/mol. The van der Waals surface area contributed by atoms with Gasteiger partial charge in [-0.05, 0) is 16.5 Å². The number of methoxy groups -OCH3 is 3. The third kappa shape index (κ3) is 3.48. The lowest BCUT2D eigenvalue weighted by Crippen LogP contribution is -2.38. The molecule has 4 heteroatoms. The summed E-state index contributed by atoms with van der Waals surface area (Å²) in [6, 6.07) is 12.2. The molecular formula is C21H23NO3. The molecule has 0 amide bonds. The quantitative estimate of drug-likeness (QED) is 0.837. The molecule has 0 saturated carbocycles. The minimum absolute atomic E-state index is 0.159. The lowest BCUT2D eigenvalue weighted by atomic mass is 10.1. The van der Waals surface area contributed by atoms with Crippen LogP contribution in [-0.4, -0.2) is 39.3 Å². The molecule has 1 unspecified atom stereocenters. The minimum Gasteiger partial charge on any atom is -0.496 e. The molecule has 1 heterocycles. The number of rotatable bonds is 5. The summed E-state index contributed by atoms with van der Waals surface area (Å²) in [4.78, 5) is 2.18. The summed E-state index contributed by atoms with van der Waals surface area (Å²) in [5, 5.41) is 2.47. The minimum atomic E-state index is 0.159. The van der Waals surface area contributed by atoms with Gasteiger partial charge in [0.2, 0.25) is 0 Å². The number of nitrogens with zero attached hydrogens (tertiary/aromatic N) is 1. The van der Waals surface area contributed by atoms with E-state index in [2.05, 4.69) is 54.6 Å². The van der Waals surface area contributed by atoms with Crippen molar-refractivity contribution in [2.45, 2.75) is 6.04 Å². The van der Waals surface area contributed by atoms with Gasteiger partial charge in [0, 0.05) is 25.4 Å². The first-order valence-corrected chi connectivity index (χ1v) is 8.15. The van der Waals surface area contributed by atoms with Gasteiger partial charge >= 0.3 is 0 Å². The van der Waals surface area contributed by atoms with E-state index in [1.807, 2.05) is 18.2 Å². The van der Waals surface area contributed by atoms with Crippen molar-refractivity contribution in [2.75, 3.05) is 28.4 Å². The monoisotopic (exact) mass is 337 g/mol. The van der Waals surface area contributed by atoms with E-state index >= 15 is 0 Å². The molecule has 0 saturated heterocycles. The Kier molecular flexibility index (Phi) is 4.98. The van der Waals surface area contributed by atoms with Crippen molar-refractivity contribution in [1.29, 1.82) is 0 Å². The highest BCUT2D eigenvalue weighted by atomic mass is 16.5. The van der Waals surface area contributed by atoms with Crippen LogP contribution in [-0.2, 0) is 0 Å². The Morgan fingerprint density at radius 2 is 1.56 bits per heavy atom. The van der Waals surface area contributed by atoms with Crippen molar-refractivity contribution in [1.82, 2.24) is 4.90 Å². The zero-order valence-electron chi connectivity index (χ0n) is 15.0. The zero-order valence-corrected chi connectivity index (χ0v) is 15.0. The lowest BCUT2D eigenvalue weighted by molar-refractivity contribution is 0.374. The van der Waals surface area contributed by atoms with Crippen molar-refractivity contribution in [3.05, 3.63) is 58.5 Å². The van der Waals surface area contributed by atoms with E-state index in [1.165, 1.54) is 10.4 Å². The third-order valence-electron chi connectivity index (χ3n) is 4.37. The van der Waals surface area contributed by atoms with Crippen molar-refractivity contribution < 1.29 is 14.2 Å². The van der Waals surface area contributed by atoms with Crippen LogP contribution in [0.3, 0.4) is 0 Å². The second-order valence-electron chi connectivity index (χ2n) is 5.89. The van der Waals surface area contributed by atoms with Crippen molar-refractivity contribution >= 4 is 18.4 Å². The lowest BCUT2D eigenvalue weighted by Gasteiger charge is -2.24. The Hall–Kier alpha value is -2.88. The second-order valence-corrected chi connectivity index (χ2v) is 5.89. The van der Waals surface area contributed by atoms with Crippen LogP contribution >= 0.6 is 0 Å². The Labute approximate surface area is 148 Å². The molecule has 2 aromatic rings. The summed E-state index contributed by atoms with van der Waals surface area (Å²) >= 11 is 0. The van der Waals surface area contributed by atoms with Crippen molar-refractivity contribution in [2.24, 2.45) is 0 Å². The fraction of sp³-hybridized carbons (Fsp3) is 0.238. The maximum absolute atomic E-state index is 5.51. The summed E-state index contributed by atoms with van der Waals surface area (Å²) in [6.45, 7) is 0. The molecule has 0 N–H and O–H groups in total. The SMILES string of the molecule is COc1cc(OC)c(/C=C/C2C=c3ccccc3=CN2C)c(OC)c1. The van der Waals surface area contributed by atoms with Gasteiger partial charge in [-0.2, -0.15) is 0 Å². The van der Waals surface area contributed by atoms with Gasteiger partial charge in [-0.3, -0.25) is 0 Å². The largest absolute Gasteiger partial charge is 0.496 e. The fourth-order valence-electron chi connectivity index (χ4n) is 2.97. The maximum Gasteiger partial charge on any atom is 0.133 e. The summed E-state index contributed by atoms with van der Waals surface area (Å²) < 4.78 is 16.3. The number of fused-ring (bicyclic) bond motifs is 1. The van der Waals surface area contributed by atoms with E-state index in [4.69, 9.17) is 14.2 Å². The predicted molar refractivity (Wildman–Crippen MR) is 101 cm³/mol. The highest BCUT2D eigenvalue weighted by Crippen LogP contribution is 2.35. The molecule has 0 radical (unpaired) electrons. The van der Waals surface area contributed by atoms with Crippen LogP contribution < -0.4 is 24.6 Å². The van der Waals surface area contributed by atoms with E-state index in [9.17, 15) is 0 Å². The molecule has 4 nitrogen and oxygen atoms in total. The summed E-state index contributed by atoms with van der Waals surface area (Å²) in [6.07, 6.45) is 8.58. The van der Waals surface area contributed by atoms with Crippen LogP contribution in [0.2, 0.25) is 0 Å². The van der Waals surface area contributed by atoms with Crippen molar-refractivity contribution in [3.8, 4) is 17.2 Å². The molecule has 1 aliphatic heterocycles. The van der Waals surface area contributed by atoms with Crippen LogP contribution in [0.4, 0.5) is 0 Å². The first-order chi connectivity index (χ1) is 12.2. The van der Waals surface area contributed by atoms with Crippen LogP contribution in [0, 0.1) is 0 Å². The molecule has 25 heavy (non-hydrogen) atoms. The molecule has 0 aliphatic carbocycles. The number of hydrogen-bond acceptors (Lipinski definition) is 4. The molecule has 1 atom stereocenters. The van der Waals surface area contributed by atoms with Crippen molar-refractivity contribution in [3.63, 3.8) is 0 Å². The second kappa shape index (κ2) is 7.34. The van der Waals surface area contributed by atoms with Gasteiger partial charge in [0.1, 0.15) is 17.2 Å². The van der Waals surface area contributed by atoms with Gasteiger partial charge in [0.05, 0.1) is 32.9 Å². The van der Waals surface area contributed by atoms with Crippen LogP contribution in [0.15, 0.2) is 42.5 Å². The van der Waals surface area contributed by atoms with E-state index in [0.717, 1.165) is 17.1 Å². The highest BCUT2D eigenvalue weighted by Gasteiger charge is 2.13. The molecule has 3 rings (SSSR count). The Morgan fingerprint density at radius 3 is 2.16 bits per heavy atom. The molecule has 0 bridgehead atoms. The van der Waals surface area contributed by atoms with Crippen LogP contribution in [0.25, 0.3) is 18.4 Å². The summed E-state index contributed by atoms with van der Waals surface area (Å²) in [7, 11) is 7.00. The van der Waals surface area contributed by atoms with Crippen LogP contribution in [0.1, 0.15) is 5.56 Å². The smallest absolute Gasteiger partial charge is 0.133 e. The maximum atomic E-state index is 5.51. The number of benzene rings is 2. The van der Waals surface area contributed by atoms with Gasteiger partial charge in [-0.15, -0.1) is 0 Å². The Morgan fingerprint density at radius 1 is 0.920 bits per heavy atom. The zero-order chi connectivity index (χ0) is 17.8. The summed E-state index contributed by atoms with van der Waals surface area (Å²) in [5.41, 5.74) is 0.895. The number of ether oxygens (including phenoxy) is 3. The normalized spacial score (nSPS) is 16.0. The Bertz CT molecular complexity index is 877. The van der Waals surface area contributed by atoms with Gasteiger partial charge in [0.15, 0.2) is 0 Å². The summed E-state index contributed by atoms with van der Waals surface area (Å²) in [5.74, 6) is 2.14. The molecule has 0 fully saturated rings. The van der Waals surface area contributed by atoms with Gasteiger partial charge < -0.3 is 19.1 Å². The van der Waals surface area contributed by atoms with Crippen LogP contribution in [0.5, 0.6) is 17.2 Å². The molecule has 0 aromatic heterocycles. The first kappa shape index (κ1) is 17.0. The topological polar surface area (TPSA) is 30.9 Å². The van der Waals surface area contributed by atoms with Gasteiger partial charge in [0.25, 0.3) is 0 Å². The first-order valence-electron chi connectivity index (χ1n) is 8.15. The molecule has 2 aromatic carbocycles. The predicted octanol–water partition coefficient (Wildman–Crippen LogP) is 2.26. The molecular weight excluding hydrogens is 314 g/mol. The van der Waals surface area contributed by atoms with E-state index in [-0.39, 0.29) is 6.04 Å². The van der Waals surface area contributed by atoms with Gasteiger partial charge in [-0.25, -0.2) is 0 Å². The van der Waals surface area contributed by atoms with E-state index < -0.39 is 0 Å². The molecule has 130 valence electrons. The standard InChI is InChI=1S/C21H23NO3/c1-22-14-16-8-6-5-7-15(16)11-17(22)9-10-19-20(24-3)12-18(23-2)13-21(19)25-4/h5-14,17H,1-4H3/b10-9+. The van der Waals surface area contributed by atoms with E-state index in [0.29, 0.717) is 5.75 Å². The van der Waals surface area contributed by atoms with E-state index in [1.54, 1.807) is 21.3 Å².